The number of hydrogen-bond donors (Lipinski definition) is 0. The van der Waals surface area contributed by atoms with E-state index in [1.165, 1.54) is 16.7 Å². The van der Waals surface area contributed by atoms with E-state index in [9.17, 15) is 0 Å². The van der Waals surface area contributed by atoms with E-state index in [1.807, 2.05) is 36.5 Å². The largest absolute Gasteiger partial charge is 0.332 e. The maximum atomic E-state index is 9.02. The summed E-state index contributed by atoms with van der Waals surface area (Å²) >= 11 is 1.54. The molecule has 0 radical (unpaired) electrons. The highest BCUT2D eigenvalue weighted by atomic mass is 32.2. The first kappa shape index (κ1) is 21.0. The van der Waals surface area contributed by atoms with E-state index in [0.29, 0.717) is 6.42 Å². The Morgan fingerprint density at radius 1 is 1.03 bits per heavy atom. The van der Waals surface area contributed by atoms with E-state index >= 15 is 0 Å². The van der Waals surface area contributed by atoms with E-state index in [4.69, 9.17) is 10.2 Å². The van der Waals surface area contributed by atoms with Gasteiger partial charge in [0, 0.05) is 31.2 Å². The molecule has 4 rings (SSSR count). The molecule has 0 N–H and O–H groups in total. The zero-order valence-electron chi connectivity index (χ0n) is 18.0. The molecule has 156 valence electrons. The molecule has 0 bridgehead atoms. The third-order valence-electron chi connectivity index (χ3n) is 5.48. The summed E-state index contributed by atoms with van der Waals surface area (Å²) < 4.78 is 1.99. The minimum atomic E-state index is 0.515. The summed E-state index contributed by atoms with van der Waals surface area (Å²) in [5.41, 5.74) is 7.60. The van der Waals surface area contributed by atoms with Gasteiger partial charge in [-0.2, -0.15) is 5.26 Å². The Hall–Kier alpha value is -3.24. The van der Waals surface area contributed by atoms with Gasteiger partial charge >= 0.3 is 0 Å². The number of aryl methyl sites for hydroxylation is 5. The second kappa shape index (κ2) is 9.27. The van der Waals surface area contributed by atoms with Crippen LogP contribution in [0.3, 0.4) is 0 Å². The van der Waals surface area contributed by atoms with Gasteiger partial charge in [0.1, 0.15) is 0 Å². The van der Waals surface area contributed by atoms with Gasteiger partial charge in [-0.15, -0.1) is 0 Å². The number of aromatic nitrogens is 5. The van der Waals surface area contributed by atoms with Gasteiger partial charge in [-0.25, -0.2) is 19.9 Å². The molecule has 0 fully saturated rings. The highest BCUT2D eigenvalue weighted by molar-refractivity contribution is 7.98. The van der Waals surface area contributed by atoms with Crippen molar-refractivity contribution in [3.8, 4) is 17.5 Å². The molecular weight excluding hydrogens is 404 g/mol. The quantitative estimate of drug-likeness (QED) is 0.314. The van der Waals surface area contributed by atoms with Crippen LogP contribution in [0.5, 0.6) is 0 Å². The molecule has 0 unspecified atom stereocenters. The Balaban J connectivity index is 1.76. The SMILES string of the molecule is CSc1ncc(CCc2cc(-c3cncn3C)nc3cc(C)c(CCC#N)cc23)cn1. The van der Waals surface area contributed by atoms with Crippen LogP contribution in [0.4, 0.5) is 0 Å². The lowest BCUT2D eigenvalue weighted by Crippen LogP contribution is -2.01. The number of fused-ring (bicyclic) bond motifs is 1. The molecule has 6 nitrogen and oxygen atoms in total. The Kier molecular flexibility index (Phi) is 6.28. The van der Waals surface area contributed by atoms with Crippen molar-refractivity contribution in [2.45, 2.75) is 37.8 Å². The molecule has 31 heavy (non-hydrogen) atoms. The van der Waals surface area contributed by atoms with Crippen molar-refractivity contribution >= 4 is 22.7 Å². The molecule has 0 saturated heterocycles. The Labute approximate surface area is 186 Å². The highest BCUT2D eigenvalue weighted by Crippen LogP contribution is 2.28. The standard InChI is InChI=1S/C24H24N6S/c1-16-9-21-20(10-18(16)5-4-8-25)19(7-6-17-12-27-24(31-3)28-13-17)11-22(29-21)23-14-26-15-30(23)2/h9-15H,4-7H2,1-3H3. The van der Waals surface area contributed by atoms with E-state index < -0.39 is 0 Å². The number of imidazole rings is 1. The maximum absolute atomic E-state index is 9.02. The molecule has 0 aliphatic rings. The Morgan fingerprint density at radius 3 is 2.52 bits per heavy atom. The van der Waals surface area contributed by atoms with Gasteiger partial charge < -0.3 is 4.57 Å². The van der Waals surface area contributed by atoms with Gasteiger partial charge in [-0.1, -0.05) is 11.8 Å². The number of thioether (sulfide) groups is 1. The molecule has 4 aromatic rings. The average molecular weight is 429 g/mol. The lowest BCUT2D eigenvalue weighted by atomic mass is 9.95. The van der Waals surface area contributed by atoms with Crippen LogP contribution < -0.4 is 0 Å². The van der Waals surface area contributed by atoms with Crippen molar-refractivity contribution in [1.82, 2.24) is 24.5 Å². The molecule has 0 aliphatic heterocycles. The van der Waals surface area contributed by atoms with E-state index in [-0.39, 0.29) is 0 Å². The van der Waals surface area contributed by atoms with E-state index in [1.54, 1.807) is 18.1 Å². The zero-order valence-corrected chi connectivity index (χ0v) is 18.8. The van der Waals surface area contributed by atoms with Crippen LogP contribution in [0.15, 0.2) is 48.3 Å². The van der Waals surface area contributed by atoms with Crippen LogP contribution in [-0.4, -0.2) is 30.8 Å². The van der Waals surface area contributed by atoms with Crippen molar-refractivity contribution in [1.29, 1.82) is 5.26 Å². The van der Waals surface area contributed by atoms with Crippen LogP contribution in [0, 0.1) is 18.3 Å². The topological polar surface area (TPSA) is 80.3 Å². The molecule has 0 spiro atoms. The maximum Gasteiger partial charge on any atom is 0.187 e. The highest BCUT2D eigenvalue weighted by Gasteiger charge is 2.13. The van der Waals surface area contributed by atoms with Gasteiger partial charge in [0.15, 0.2) is 5.16 Å². The van der Waals surface area contributed by atoms with Gasteiger partial charge in [0.25, 0.3) is 0 Å². The third-order valence-corrected chi connectivity index (χ3v) is 6.06. The summed E-state index contributed by atoms with van der Waals surface area (Å²) in [6, 6.07) is 8.78. The first-order valence-electron chi connectivity index (χ1n) is 10.2. The van der Waals surface area contributed by atoms with Crippen molar-refractivity contribution in [3.05, 3.63) is 65.4 Å². The normalized spacial score (nSPS) is 11.0. The van der Waals surface area contributed by atoms with Gasteiger partial charge in [-0.3, -0.25) is 0 Å². The van der Waals surface area contributed by atoms with Gasteiger partial charge in [-0.05, 0) is 72.9 Å². The van der Waals surface area contributed by atoms with Crippen LogP contribution in [0.1, 0.15) is 28.7 Å². The molecule has 0 saturated carbocycles. The van der Waals surface area contributed by atoms with Crippen LogP contribution in [0.25, 0.3) is 22.3 Å². The number of pyridine rings is 1. The molecular formula is C24H24N6S. The van der Waals surface area contributed by atoms with Crippen molar-refractivity contribution in [2.75, 3.05) is 6.26 Å². The first-order chi connectivity index (χ1) is 15.1. The summed E-state index contributed by atoms with van der Waals surface area (Å²) in [4.78, 5) is 18.0. The minimum absolute atomic E-state index is 0.515. The summed E-state index contributed by atoms with van der Waals surface area (Å²) in [6.07, 6.45) is 12.4. The molecule has 3 heterocycles. The minimum Gasteiger partial charge on any atom is -0.332 e. The van der Waals surface area contributed by atoms with Gasteiger partial charge in [0.2, 0.25) is 0 Å². The predicted octanol–water partition coefficient (Wildman–Crippen LogP) is 4.70. The molecule has 7 heteroatoms. The first-order valence-corrected chi connectivity index (χ1v) is 11.4. The Morgan fingerprint density at radius 2 is 1.84 bits per heavy atom. The van der Waals surface area contributed by atoms with E-state index in [2.05, 4.69) is 46.1 Å². The second-order valence-corrected chi connectivity index (χ2v) is 8.36. The smallest absolute Gasteiger partial charge is 0.187 e. The fourth-order valence-electron chi connectivity index (χ4n) is 3.75. The van der Waals surface area contributed by atoms with E-state index in [0.717, 1.165) is 52.3 Å². The van der Waals surface area contributed by atoms with Crippen LogP contribution in [-0.2, 0) is 26.3 Å². The second-order valence-electron chi connectivity index (χ2n) is 7.59. The predicted molar refractivity (Wildman–Crippen MR) is 124 cm³/mol. The molecule has 0 aliphatic carbocycles. The summed E-state index contributed by atoms with van der Waals surface area (Å²) in [5, 5.41) is 10.9. The lowest BCUT2D eigenvalue weighted by molar-refractivity contribution is 0.887. The van der Waals surface area contributed by atoms with Crippen molar-refractivity contribution in [3.63, 3.8) is 0 Å². The monoisotopic (exact) mass is 428 g/mol. The fraction of sp³-hybridized carbons (Fsp3) is 0.292. The summed E-state index contributed by atoms with van der Waals surface area (Å²) in [7, 11) is 1.98. The van der Waals surface area contributed by atoms with Gasteiger partial charge in [0.05, 0.1) is 35.5 Å². The van der Waals surface area contributed by atoms with Crippen molar-refractivity contribution < 1.29 is 0 Å². The third kappa shape index (κ3) is 4.59. The lowest BCUT2D eigenvalue weighted by Gasteiger charge is -2.13. The molecule has 0 amide bonds. The molecule has 3 aromatic heterocycles. The number of nitriles is 1. The molecule has 0 atom stereocenters. The molecule has 1 aromatic carbocycles. The van der Waals surface area contributed by atoms with Crippen molar-refractivity contribution in [2.24, 2.45) is 7.05 Å². The summed E-state index contributed by atoms with van der Waals surface area (Å²) in [6.45, 7) is 2.09. The number of rotatable bonds is 7. The number of benzene rings is 1. The Bertz CT molecular complexity index is 1250. The fourth-order valence-corrected chi connectivity index (χ4v) is 4.07. The van der Waals surface area contributed by atoms with Crippen LogP contribution in [0.2, 0.25) is 0 Å². The number of hydrogen-bond acceptors (Lipinski definition) is 6. The number of nitrogens with zero attached hydrogens (tertiary/aromatic N) is 6. The summed E-state index contributed by atoms with van der Waals surface area (Å²) in [5.74, 6) is 0. The van der Waals surface area contributed by atoms with Crippen LogP contribution >= 0.6 is 11.8 Å². The zero-order chi connectivity index (χ0) is 21.8. The average Bonchev–Trinajstić information content (AvgIpc) is 3.22.